The summed E-state index contributed by atoms with van der Waals surface area (Å²) in [6.07, 6.45) is 2.24. The fourth-order valence-corrected chi connectivity index (χ4v) is 2.34. The van der Waals surface area contributed by atoms with Gasteiger partial charge in [-0.3, -0.25) is 4.79 Å². The molecule has 3 aromatic rings. The molecule has 4 heteroatoms. The molecule has 0 amide bonds. The third-order valence-corrected chi connectivity index (χ3v) is 3.50. The molecule has 4 nitrogen and oxygen atoms in total. The van der Waals surface area contributed by atoms with Crippen molar-refractivity contribution < 1.29 is 19.1 Å². The highest BCUT2D eigenvalue weighted by atomic mass is 16.5. The average molecular weight is 296 g/mol. The number of phenols is 1. The van der Waals surface area contributed by atoms with Crippen LogP contribution in [-0.4, -0.2) is 24.1 Å². The Balaban J connectivity index is 1.55. The average Bonchev–Trinajstić information content (AvgIpc) is 2.97. The lowest BCUT2D eigenvalue weighted by Gasteiger charge is -2.03. The van der Waals surface area contributed by atoms with Crippen LogP contribution in [0.2, 0.25) is 0 Å². The lowest BCUT2D eigenvalue weighted by Crippen LogP contribution is -2.10. The SMILES string of the molecule is O=C(COCCc1coc2c(O)cccc12)c1ccccc1. The van der Waals surface area contributed by atoms with Crippen LogP contribution in [-0.2, 0) is 11.2 Å². The van der Waals surface area contributed by atoms with Gasteiger partial charge in [-0.25, -0.2) is 0 Å². The van der Waals surface area contributed by atoms with Gasteiger partial charge >= 0.3 is 0 Å². The Morgan fingerprint density at radius 2 is 1.91 bits per heavy atom. The minimum atomic E-state index is -0.0321. The van der Waals surface area contributed by atoms with E-state index in [0.717, 1.165) is 10.9 Å². The molecule has 112 valence electrons. The maximum atomic E-state index is 11.9. The second-order valence-corrected chi connectivity index (χ2v) is 5.01. The highest BCUT2D eigenvalue weighted by Crippen LogP contribution is 2.28. The van der Waals surface area contributed by atoms with Crippen LogP contribution < -0.4 is 0 Å². The van der Waals surface area contributed by atoms with E-state index in [1.165, 1.54) is 0 Å². The van der Waals surface area contributed by atoms with E-state index in [1.54, 1.807) is 30.5 Å². The molecule has 0 radical (unpaired) electrons. The number of phenolic OH excluding ortho intramolecular Hbond substituents is 1. The van der Waals surface area contributed by atoms with Gasteiger partial charge in [0.05, 0.1) is 12.9 Å². The molecule has 0 spiro atoms. The van der Waals surface area contributed by atoms with Gasteiger partial charge in [0.1, 0.15) is 6.61 Å². The first kappa shape index (κ1) is 14.4. The van der Waals surface area contributed by atoms with E-state index in [0.29, 0.717) is 24.2 Å². The molecule has 1 N–H and O–H groups in total. The maximum absolute atomic E-state index is 11.9. The minimum Gasteiger partial charge on any atom is -0.504 e. The van der Waals surface area contributed by atoms with Crippen molar-refractivity contribution in [2.24, 2.45) is 0 Å². The first-order chi connectivity index (χ1) is 10.8. The molecule has 1 heterocycles. The zero-order chi connectivity index (χ0) is 15.4. The van der Waals surface area contributed by atoms with Crippen molar-refractivity contribution in [2.75, 3.05) is 13.2 Å². The van der Waals surface area contributed by atoms with Crippen LogP contribution >= 0.6 is 0 Å². The predicted molar refractivity (Wildman–Crippen MR) is 83.2 cm³/mol. The molecular formula is C18H16O4. The van der Waals surface area contributed by atoms with Gasteiger partial charge in [-0.05, 0) is 12.5 Å². The molecule has 0 aliphatic heterocycles. The molecule has 0 saturated heterocycles. The van der Waals surface area contributed by atoms with Crippen molar-refractivity contribution >= 4 is 16.8 Å². The second-order valence-electron chi connectivity index (χ2n) is 5.01. The summed E-state index contributed by atoms with van der Waals surface area (Å²) >= 11 is 0. The number of rotatable bonds is 6. The number of aromatic hydroxyl groups is 1. The Bertz CT molecular complexity index is 774. The Labute approximate surface area is 127 Å². The lowest BCUT2D eigenvalue weighted by molar-refractivity contribution is 0.0765. The summed E-state index contributed by atoms with van der Waals surface area (Å²) in [6, 6.07) is 14.3. The summed E-state index contributed by atoms with van der Waals surface area (Å²) in [7, 11) is 0. The number of benzene rings is 2. The number of fused-ring (bicyclic) bond motifs is 1. The fraction of sp³-hybridized carbons (Fsp3) is 0.167. The van der Waals surface area contributed by atoms with Crippen LogP contribution in [0.25, 0.3) is 11.0 Å². The van der Waals surface area contributed by atoms with E-state index < -0.39 is 0 Å². The highest BCUT2D eigenvalue weighted by molar-refractivity contribution is 5.97. The van der Waals surface area contributed by atoms with Gasteiger partial charge in [0, 0.05) is 16.5 Å². The molecular weight excluding hydrogens is 280 g/mol. The van der Waals surface area contributed by atoms with Crippen molar-refractivity contribution in [3.05, 3.63) is 65.9 Å². The summed E-state index contributed by atoms with van der Waals surface area (Å²) in [4.78, 5) is 11.9. The number of furan rings is 1. The molecule has 0 saturated carbocycles. The van der Waals surface area contributed by atoms with Crippen LogP contribution in [0, 0.1) is 0 Å². The third-order valence-electron chi connectivity index (χ3n) is 3.50. The van der Waals surface area contributed by atoms with Crippen molar-refractivity contribution in [1.29, 1.82) is 0 Å². The van der Waals surface area contributed by atoms with E-state index >= 15 is 0 Å². The number of para-hydroxylation sites is 1. The molecule has 3 rings (SSSR count). The lowest BCUT2D eigenvalue weighted by atomic mass is 10.1. The normalized spacial score (nSPS) is 10.9. The molecule has 0 unspecified atom stereocenters. The quantitative estimate of drug-likeness (QED) is 0.558. The fourth-order valence-electron chi connectivity index (χ4n) is 2.34. The van der Waals surface area contributed by atoms with Crippen molar-refractivity contribution in [1.82, 2.24) is 0 Å². The second kappa shape index (κ2) is 6.45. The molecule has 0 atom stereocenters. The maximum Gasteiger partial charge on any atom is 0.188 e. The molecule has 0 bridgehead atoms. The van der Waals surface area contributed by atoms with Crippen LogP contribution in [0.5, 0.6) is 5.75 Å². The smallest absolute Gasteiger partial charge is 0.188 e. The summed E-state index contributed by atoms with van der Waals surface area (Å²) in [5.74, 6) is 0.0965. The van der Waals surface area contributed by atoms with Crippen LogP contribution in [0.3, 0.4) is 0 Å². The van der Waals surface area contributed by atoms with Gasteiger partial charge in [0.15, 0.2) is 17.1 Å². The summed E-state index contributed by atoms with van der Waals surface area (Å²) < 4.78 is 10.8. The van der Waals surface area contributed by atoms with Crippen molar-refractivity contribution in [2.45, 2.75) is 6.42 Å². The zero-order valence-electron chi connectivity index (χ0n) is 12.0. The number of carbonyl (C=O) groups is 1. The van der Waals surface area contributed by atoms with E-state index in [1.807, 2.05) is 24.3 Å². The van der Waals surface area contributed by atoms with E-state index in [9.17, 15) is 9.90 Å². The number of carbonyl (C=O) groups excluding carboxylic acids is 1. The highest BCUT2D eigenvalue weighted by Gasteiger charge is 2.09. The third kappa shape index (κ3) is 3.02. The monoisotopic (exact) mass is 296 g/mol. The van der Waals surface area contributed by atoms with Gasteiger partial charge in [0.2, 0.25) is 0 Å². The van der Waals surface area contributed by atoms with Crippen LogP contribution in [0.1, 0.15) is 15.9 Å². The Morgan fingerprint density at radius 3 is 2.73 bits per heavy atom. The number of hydrogen-bond acceptors (Lipinski definition) is 4. The van der Waals surface area contributed by atoms with Gasteiger partial charge in [0.25, 0.3) is 0 Å². The first-order valence-corrected chi connectivity index (χ1v) is 7.10. The largest absolute Gasteiger partial charge is 0.504 e. The Morgan fingerprint density at radius 1 is 1.09 bits per heavy atom. The summed E-state index contributed by atoms with van der Waals surface area (Å²) in [5, 5.41) is 10.6. The standard InChI is InChI=1S/C18H16O4/c19-16-8-4-7-15-14(11-22-18(15)16)9-10-21-12-17(20)13-5-2-1-3-6-13/h1-8,11,19H,9-10,12H2. The molecule has 1 aromatic heterocycles. The van der Waals surface area contributed by atoms with E-state index in [-0.39, 0.29) is 18.1 Å². The number of ketones is 1. The van der Waals surface area contributed by atoms with Crippen LogP contribution in [0.4, 0.5) is 0 Å². The predicted octanol–water partition coefficient (Wildman–Crippen LogP) is 3.58. The number of ether oxygens (including phenoxy) is 1. The zero-order valence-corrected chi connectivity index (χ0v) is 12.0. The Kier molecular flexibility index (Phi) is 4.21. The van der Waals surface area contributed by atoms with Crippen molar-refractivity contribution in [3.8, 4) is 5.75 Å². The molecule has 2 aromatic carbocycles. The van der Waals surface area contributed by atoms with Gasteiger partial charge in [-0.15, -0.1) is 0 Å². The molecule has 0 aliphatic carbocycles. The number of Topliss-reactive ketones (excluding diaryl/α,β-unsaturated/α-hetero) is 1. The topological polar surface area (TPSA) is 59.7 Å². The molecule has 0 aliphatic rings. The molecule has 22 heavy (non-hydrogen) atoms. The van der Waals surface area contributed by atoms with Crippen LogP contribution in [0.15, 0.2) is 59.2 Å². The first-order valence-electron chi connectivity index (χ1n) is 7.10. The van der Waals surface area contributed by atoms with Gasteiger partial charge in [-0.2, -0.15) is 0 Å². The summed E-state index contributed by atoms with van der Waals surface area (Å²) in [6.45, 7) is 0.480. The van der Waals surface area contributed by atoms with Gasteiger partial charge in [-0.1, -0.05) is 42.5 Å². The molecule has 0 fully saturated rings. The van der Waals surface area contributed by atoms with E-state index in [4.69, 9.17) is 9.15 Å². The summed E-state index contributed by atoms with van der Waals surface area (Å²) in [5.41, 5.74) is 2.09. The van der Waals surface area contributed by atoms with Crippen molar-refractivity contribution in [3.63, 3.8) is 0 Å². The number of hydrogen-bond donors (Lipinski definition) is 1. The Hall–Kier alpha value is -2.59. The van der Waals surface area contributed by atoms with E-state index in [2.05, 4.69) is 0 Å². The van der Waals surface area contributed by atoms with Gasteiger partial charge < -0.3 is 14.3 Å². The minimum absolute atomic E-state index is 0.0321.